The molecule has 0 amide bonds. The van der Waals surface area contributed by atoms with Gasteiger partial charge < -0.3 is 28.8 Å². The number of ether oxygens (including phenoxy) is 5. The lowest BCUT2D eigenvalue weighted by Crippen LogP contribution is -2.10. The summed E-state index contributed by atoms with van der Waals surface area (Å²) in [6, 6.07) is 15.5. The molecule has 0 saturated carbocycles. The van der Waals surface area contributed by atoms with Crippen LogP contribution in [0.15, 0.2) is 59.5 Å². The zero-order chi connectivity index (χ0) is 29.3. The standard InChI is InChI=1S/C30H36O9S/c1-6-14-38-30-27(39-19-20-10-8-7-9-11-20)17-22(18-28(30)40(5,33)34)24(32)13-12-23(31)21-15-25(35-2)29(37-4)26(16-21)36-3/h7-11,15-18,24,32H,6,12-14,19H2,1-5H3/t24-/m0/s1. The van der Waals surface area contributed by atoms with Gasteiger partial charge in [0.1, 0.15) is 11.5 Å². The molecular formula is C30H36O9S. The largest absolute Gasteiger partial charge is 0.493 e. The number of hydrogen-bond donors (Lipinski definition) is 1. The highest BCUT2D eigenvalue weighted by molar-refractivity contribution is 7.90. The molecule has 0 aliphatic heterocycles. The SMILES string of the molecule is CCCOc1c(OCc2ccccc2)cc([C@@H](O)CCC(=O)c2cc(OC)c(OC)c(OC)c2)cc1S(C)(=O)=O. The highest BCUT2D eigenvalue weighted by Crippen LogP contribution is 2.40. The monoisotopic (exact) mass is 572 g/mol. The number of methoxy groups -OCH3 is 3. The topological polar surface area (TPSA) is 118 Å². The lowest BCUT2D eigenvalue weighted by molar-refractivity contribution is 0.0939. The van der Waals surface area contributed by atoms with Crippen LogP contribution in [0.5, 0.6) is 28.7 Å². The number of hydrogen-bond acceptors (Lipinski definition) is 9. The zero-order valence-corrected chi connectivity index (χ0v) is 24.2. The summed E-state index contributed by atoms with van der Waals surface area (Å²) in [6.07, 6.45) is 0.598. The number of carbonyl (C=O) groups is 1. The first-order valence-electron chi connectivity index (χ1n) is 12.8. The van der Waals surface area contributed by atoms with Crippen LogP contribution < -0.4 is 23.7 Å². The molecule has 0 aliphatic carbocycles. The molecule has 3 aromatic rings. The molecule has 40 heavy (non-hydrogen) atoms. The van der Waals surface area contributed by atoms with Crippen molar-refractivity contribution in [3.05, 3.63) is 71.3 Å². The summed E-state index contributed by atoms with van der Waals surface area (Å²) in [5.74, 6) is 1.08. The Balaban J connectivity index is 1.90. The van der Waals surface area contributed by atoms with Crippen molar-refractivity contribution < 1.29 is 42.0 Å². The van der Waals surface area contributed by atoms with Crippen LogP contribution in [0.1, 0.15) is 53.8 Å². The molecule has 0 spiro atoms. The molecule has 10 heteroatoms. The van der Waals surface area contributed by atoms with Crippen molar-refractivity contribution >= 4 is 15.6 Å². The van der Waals surface area contributed by atoms with Gasteiger partial charge in [-0.25, -0.2) is 8.42 Å². The Kier molecular flexibility index (Phi) is 10.8. The minimum Gasteiger partial charge on any atom is -0.493 e. The fraction of sp³-hybridized carbons (Fsp3) is 0.367. The van der Waals surface area contributed by atoms with Crippen LogP contribution in [-0.2, 0) is 16.4 Å². The number of sulfone groups is 1. The van der Waals surface area contributed by atoms with Crippen molar-refractivity contribution in [3.8, 4) is 28.7 Å². The normalized spacial score (nSPS) is 11.9. The summed E-state index contributed by atoms with van der Waals surface area (Å²) in [6.45, 7) is 2.37. The minimum absolute atomic E-state index is 0.0255. The molecule has 0 heterocycles. The van der Waals surface area contributed by atoms with E-state index in [1.165, 1.54) is 27.4 Å². The fourth-order valence-electron chi connectivity index (χ4n) is 4.07. The second-order valence-electron chi connectivity index (χ2n) is 9.13. The van der Waals surface area contributed by atoms with Crippen molar-refractivity contribution in [2.75, 3.05) is 34.2 Å². The van der Waals surface area contributed by atoms with Crippen molar-refractivity contribution in [1.82, 2.24) is 0 Å². The van der Waals surface area contributed by atoms with Crippen LogP contribution >= 0.6 is 0 Å². The summed E-state index contributed by atoms with van der Waals surface area (Å²) in [7, 11) is 0.644. The first-order valence-corrected chi connectivity index (χ1v) is 14.7. The Morgan fingerprint density at radius 2 is 1.52 bits per heavy atom. The molecule has 3 aromatic carbocycles. The predicted octanol–water partition coefficient (Wildman–Crippen LogP) is 5.18. The molecule has 0 saturated heterocycles. The number of carbonyl (C=O) groups excluding carboxylic acids is 1. The Morgan fingerprint density at radius 1 is 0.875 bits per heavy atom. The van der Waals surface area contributed by atoms with Crippen molar-refractivity contribution in [3.63, 3.8) is 0 Å². The summed E-state index contributed by atoms with van der Waals surface area (Å²) in [5.41, 5.74) is 1.51. The van der Waals surface area contributed by atoms with Gasteiger partial charge in [0, 0.05) is 18.2 Å². The molecule has 0 aliphatic rings. The average molecular weight is 573 g/mol. The number of Topliss-reactive ketones (excluding diaryl/α,β-unsaturated/α-hetero) is 1. The van der Waals surface area contributed by atoms with E-state index in [1.54, 1.807) is 18.2 Å². The maximum absolute atomic E-state index is 13.0. The highest BCUT2D eigenvalue weighted by Gasteiger charge is 2.25. The number of aliphatic hydroxyl groups excluding tert-OH is 1. The molecule has 0 unspecified atom stereocenters. The Labute approximate surface area is 235 Å². The van der Waals surface area contributed by atoms with E-state index in [9.17, 15) is 18.3 Å². The Bertz CT molecular complexity index is 1380. The van der Waals surface area contributed by atoms with Gasteiger partial charge in [-0.3, -0.25) is 4.79 Å². The van der Waals surface area contributed by atoms with Crippen LogP contribution in [0.3, 0.4) is 0 Å². The van der Waals surface area contributed by atoms with E-state index in [0.29, 0.717) is 34.8 Å². The van der Waals surface area contributed by atoms with Gasteiger partial charge in [0.25, 0.3) is 0 Å². The van der Waals surface area contributed by atoms with Gasteiger partial charge in [0.2, 0.25) is 5.75 Å². The molecule has 0 aromatic heterocycles. The second kappa shape index (κ2) is 14.0. The third kappa shape index (κ3) is 7.67. The molecule has 0 bridgehead atoms. The maximum atomic E-state index is 13.0. The van der Waals surface area contributed by atoms with Crippen molar-refractivity contribution in [1.29, 1.82) is 0 Å². The van der Waals surface area contributed by atoms with Gasteiger partial charge in [-0.05, 0) is 48.2 Å². The van der Waals surface area contributed by atoms with Crippen LogP contribution in [0.4, 0.5) is 0 Å². The minimum atomic E-state index is -3.74. The van der Waals surface area contributed by atoms with E-state index in [4.69, 9.17) is 23.7 Å². The molecular weight excluding hydrogens is 536 g/mol. The van der Waals surface area contributed by atoms with Crippen molar-refractivity contribution in [2.45, 2.75) is 43.8 Å². The third-order valence-corrected chi connectivity index (χ3v) is 7.25. The fourth-order valence-corrected chi connectivity index (χ4v) is 4.92. The summed E-state index contributed by atoms with van der Waals surface area (Å²) >= 11 is 0. The Morgan fingerprint density at radius 3 is 2.08 bits per heavy atom. The maximum Gasteiger partial charge on any atom is 0.203 e. The molecule has 0 fully saturated rings. The average Bonchev–Trinajstić information content (AvgIpc) is 2.96. The van der Waals surface area contributed by atoms with Crippen molar-refractivity contribution in [2.24, 2.45) is 0 Å². The lowest BCUT2D eigenvalue weighted by Gasteiger charge is -2.19. The zero-order valence-electron chi connectivity index (χ0n) is 23.4. The smallest absolute Gasteiger partial charge is 0.203 e. The molecule has 9 nitrogen and oxygen atoms in total. The first kappa shape index (κ1) is 30.8. The molecule has 1 N–H and O–H groups in total. The van der Waals surface area contributed by atoms with Crippen LogP contribution in [0.25, 0.3) is 0 Å². The quantitative estimate of drug-likeness (QED) is 0.246. The van der Waals surface area contributed by atoms with Gasteiger partial charge >= 0.3 is 0 Å². The van der Waals surface area contributed by atoms with Crippen LogP contribution in [0, 0.1) is 0 Å². The van der Waals surface area contributed by atoms with Gasteiger partial charge in [-0.15, -0.1) is 0 Å². The number of benzene rings is 3. The summed E-state index contributed by atoms with van der Waals surface area (Å²) in [5, 5.41) is 11.1. The second-order valence-corrected chi connectivity index (χ2v) is 11.1. The van der Waals surface area contributed by atoms with Gasteiger partial charge in [0.05, 0.1) is 34.0 Å². The van der Waals surface area contributed by atoms with E-state index >= 15 is 0 Å². The molecule has 0 radical (unpaired) electrons. The number of aliphatic hydroxyl groups is 1. The van der Waals surface area contributed by atoms with E-state index in [-0.39, 0.29) is 48.2 Å². The van der Waals surface area contributed by atoms with Gasteiger partial charge in [-0.1, -0.05) is 37.3 Å². The summed E-state index contributed by atoms with van der Waals surface area (Å²) in [4.78, 5) is 13.0. The van der Waals surface area contributed by atoms with Gasteiger partial charge in [0.15, 0.2) is 38.6 Å². The van der Waals surface area contributed by atoms with E-state index in [0.717, 1.165) is 11.8 Å². The third-order valence-electron chi connectivity index (χ3n) is 6.15. The van der Waals surface area contributed by atoms with Gasteiger partial charge in [-0.2, -0.15) is 0 Å². The summed E-state index contributed by atoms with van der Waals surface area (Å²) < 4.78 is 53.3. The predicted molar refractivity (Wildman–Crippen MR) is 151 cm³/mol. The van der Waals surface area contributed by atoms with E-state index < -0.39 is 15.9 Å². The van der Waals surface area contributed by atoms with Crippen LogP contribution in [0.2, 0.25) is 0 Å². The molecule has 1 atom stereocenters. The Hall–Kier alpha value is -3.76. The van der Waals surface area contributed by atoms with Crippen LogP contribution in [-0.4, -0.2) is 53.5 Å². The molecule has 3 rings (SSSR count). The highest BCUT2D eigenvalue weighted by atomic mass is 32.2. The molecule has 216 valence electrons. The van der Waals surface area contributed by atoms with E-state index in [2.05, 4.69) is 0 Å². The first-order chi connectivity index (χ1) is 19.1. The number of ketones is 1. The number of rotatable bonds is 15. The lowest BCUT2D eigenvalue weighted by atomic mass is 9.99. The van der Waals surface area contributed by atoms with E-state index in [1.807, 2.05) is 37.3 Å².